The van der Waals surface area contributed by atoms with Gasteiger partial charge in [-0.25, -0.2) is 0 Å². The van der Waals surface area contributed by atoms with Gasteiger partial charge in [0.2, 0.25) is 0 Å². The second-order valence-corrected chi connectivity index (χ2v) is 6.78. The molecule has 1 N–H and O–H groups in total. The maximum atomic E-state index is 5.44. The van der Waals surface area contributed by atoms with Crippen molar-refractivity contribution in [2.75, 3.05) is 14.2 Å². The molecule has 0 aliphatic heterocycles. The van der Waals surface area contributed by atoms with Crippen LogP contribution in [0, 0.1) is 4.77 Å². The van der Waals surface area contributed by atoms with Crippen molar-refractivity contribution >= 4 is 12.2 Å². The fraction of sp³-hybridized carbons (Fsp3) is 0.300. The van der Waals surface area contributed by atoms with Crippen molar-refractivity contribution in [3.05, 3.63) is 64.2 Å². The molecule has 3 rings (SSSR count). The van der Waals surface area contributed by atoms with E-state index in [-0.39, 0.29) is 0 Å². The van der Waals surface area contributed by atoms with Crippen LogP contribution >= 0.6 is 12.2 Å². The molecule has 0 fully saturated rings. The molecule has 0 bridgehead atoms. The first kappa shape index (κ1) is 18.2. The van der Waals surface area contributed by atoms with E-state index in [9.17, 15) is 0 Å². The molecule has 3 aromatic rings. The third-order valence-electron chi connectivity index (χ3n) is 4.37. The van der Waals surface area contributed by atoms with E-state index >= 15 is 0 Å². The summed E-state index contributed by atoms with van der Waals surface area (Å²) in [5.74, 6) is 2.75. The van der Waals surface area contributed by atoms with Crippen LogP contribution in [0.15, 0.2) is 42.5 Å². The van der Waals surface area contributed by atoms with Crippen LogP contribution in [-0.4, -0.2) is 29.0 Å². The van der Waals surface area contributed by atoms with Gasteiger partial charge in [0, 0.05) is 12.1 Å². The predicted molar refractivity (Wildman–Crippen MR) is 105 cm³/mol. The zero-order chi connectivity index (χ0) is 18.7. The Balaban J connectivity index is 1.94. The molecule has 1 heterocycles. The van der Waals surface area contributed by atoms with Crippen LogP contribution in [0.5, 0.6) is 11.5 Å². The van der Waals surface area contributed by atoms with Crippen molar-refractivity contribution in [3.8, 4) is 17.2 Å². The molecule has 0 saturated heterocycles. The number of rotatable bonds is 6. The molecule has 136 valence electrons. The molecular weight excluding hydrogens is 346 g/mol. The van der Waals surface area contributed by atoms with E-state index < -0.39 is 0 Å². The van der Waals surface area contributed by atoms with Crippen LogP contribution in [0.2, 0.25) is 0 Å². The summed E-state index contributed by atoms with van der Waals surface area (Å²) in [6.45, 7) is 4.36. The molecular formula is C20H23N3O2S. The van der Waals surface area contributed by atoms with E-state index in [1.165, 1.54) is 5.56 Å². The van der Waals surface area contributed by atoms with E-state index in [0.717, 1.165) is 17.1 Å². The van der Waals surface area contributed by atoms with E-state index in [1.807, 2.05) is 22.8 Å². The number of H-pyrrole nitrogens is 1. The lowest BCUT2D eigenvalue weighted by Gasteiger charge is -2.11. The lowest BCUT2D eigenvalue weighted by Crippen LogP contribution is -2.03. The van der Waals surface area contributed by atoms with E-state index in [4.69, 9.17) is 21.7 Å². The Hall–Kier alpha value is -2.60. The van der Waals surface area contributed by atoms with Gasteiger partial charge in [-0.05, 0) is 53.5 Å². The van der Waals surface area contributed by atoms with Crippen molar-refractivity contribution in [1.82, 2.24) is 14.8 Å². The Morgan fingerprint density at radius 1 is 1.04 bits per heavy atom. The zero-order valence-electron chi connectivity index (χ0n) is 15.4. The topological polar surface area (TPSA) is 52.1 Å². The highest BCUT2D eigenvalue weighted by molar-refractivity contribution is 7.71. The number of aromatic nitrogens is 3. The molecule has 1 aromatic heterocycles. The van der Waals surface area contributed by atoms with Gasteiger partial charge < -0.3 is 9.47 Å². The molecule has 0 amide bonds. The van der Waals surface area contributed by atoms with Gasteiger partial charge >= 0.3 is 0 Å². The van der Waals surface area contributed by atoms with Gasteiger partial charge in [0.1, 0.15) is 5.82 Å². The lowest BCUT2D eigenvalue weighted by molar-refractivity contribution is 0.354. The van der Waals surface area contributed by atoms with Crippen LogP contribution in [0.1, 0.15) is 36.7 Å². The molecule has 6 heteroatoms. The normalized spacial score (nSPS) is 11.0. The fourth-order valence-corrected chi connectivity index (χ4v) is 3.15. The number of benzene rings is 2. The minimum Gasteiger partial charge on any atom is -0.493 e. The SMILES string of the molecule is COc1ccc(Cc2n[nH]c(=S)n2-c2ccc(C(C)C)cc2)cc1OC. The van der Waals surface area contributed by atoms with Crippen molar-refractivity contribution in [3.63, 3.8) is 0 Å². The third-order valence-corrected chi connectivity index (χ3v) is 4.64. The summed E-state index contributed by atoms with van der Waals surface area (Å²) in [5, 5.41) is 7.32. The van der Waals surface area contributed by atoms with E-state index in [0.29, 0.717) is 28.6 Å². The highest BCUT2D eigenvalue weighted by Crippen LogP contribution is 2.28. The standard InChI is InChI=1S/C20H23N3O2S/c1-13(2)15-6-8-16(9-7-15)23-19(21-22-20(23)26)12-14-5-10-17(24-3)18(11-14)25-4/h5-11,13H,12H2,1-4H3,(H,22,26). The molecule has 0 atom stereocenters. The van der Waals surface area contributed by atoms with E-state index in [1.54, 1.807) is 14.2 Å². The Bertz CT molecular complexity index is 942. The highest BCUT2D eigenvalue weighted by atomic mass is 32.1. The first-order valence-corrected chi connectivity index (χ1v) is 8.92. The Kier molecular flexibility index (Phi) is 5.42. The summed E-state index contributed by atoms with van der Waals surface area (Å²) in [4.78, 5) is 0. The number of hydrogen-bond donors (Lipinski definition) is 1. The summed E-state index contributed by atoms with van der Waals surface area (Å²) in [6, 6.07) is 14.3. The second kappa shape index (κ2) is 7.74. The minimum atomic E-state index is 0.493. The quantitative estimate of drug-likeness (QED) is 0.642. The van der Waals surface area contributed by atoms with Gasteiger partial charge in [0.25, 0.3) is 0 Å². The number of methoxy groups -OCH3 is 2. The fourth-order valence-electron chi connectivity index (χ4n) is 2.90. The van der Waals surface area contributed by atoms with Crippen molar-refractivity contribution in [1.29, 1.82) is 0 Å². The van der Waals surface area contributed by atoms with Crippen LogP contribution in [0.3, 0.4) is 0 Å². The van der Waals surface area contributed by atoms with Gasteiger partial charge in [-0.3, -0.25) is 9.67 Å². The molecule has 0 aliphatic carbocycles. The number of nitrogens with one attached hydrogen (secondary N) is 1. The summed E-state index contributed by atoms with van der Waals surface area (Å²) >= 11 is 5.44. The number of ether oxygens (including phenoxy) is 2. The van der Waals surface area contributed by atoms with Crippen LogP contribution in [0.4, 0.5) is 0 Å². The van der Waals surface area contributed by atoms with Gasteiger partial charge in [0.15, 0.2) is 16.3 Å². The predicted octanol–water partition coefficient (Wildman–Crippen LogP) is 4.66. The van der Waals surface area contributed by atoms with Gasteiger partial charge in [-0.2, -0.15) is 5.10 Å². The monoisotopic (exact) mass is 369 g/mol. The van der Waals surface area contributed by atoms with Crippen molar-refractivity contribution < 1.29 is 9.47 Å². The van der Waals surface area contributed by atoms with Gasteiger partial charge in [-0.1, -0.05) is 32.0 Å². The Morgan fingerprint density at radius 3 is 2.35 bits per heavy atom. The van der Waals surface area contributed by atoms with Crippen LogP contribution < -0.4 is 9.47 Å². The summed E-state index contributed by atoms with van der Waals surface area (Å²) in [7, 11) is 3.26. The number of nitrogens with zero attached hydrogens (tertiary/aromatic N) is 2. The maximum absolute atomic E-state index is 5.44. The molecule has 26 heavy (non-hydrogen) atoms. The summed E-state index contributed by atoms with van der Waals surface area (Å²) in [5.41, 5.74) is 3.37. The average molecular weight is 369 g/mol. The van der Waals surface area contributed by atoms with Crippen molar-refractivity contribution in [2.45, 2.75) is 26.2 Å². The lowest BCUT2D eigenvalue weighted by atomic mass is 10.0. The smallest absolute Gasteiger partial charge is 0.199 e. The third kappa shape index (κ3) is 3.65. The molecule has 0 radical (unpaired) electrons. The largest absolute Gasteiger partial charge is 0.493 e. The molecule has 0 aliphatic rings. The molecule has 5 nitrogen and oxygen atoms in total. The minimum absolute atomic E-state index is 0.493. The van der Waals surface area contributed by atoms with E-state index in [2.05, 4.69) is 48.3 Å². The molecule has 0 saturated carbocycles. The van der Waals surface area contributed by atoms with Crippen molar-refractivity contribution in [2.24, 2.45) is 0 Å². The maximum Gasteiger partial charge on any atom is 0.199 e. The van der Waals surface area contributed by atoms with Gasteiger partial charge in [0.05, 0.1) is 14.2 Å². The Morgan fingerprint density at radius 2 is 1.73 bits per heavy atom. The first-order chi connectivity index (χ1) is 12.5. The summed E-state index contributed by atoms with van der Waals surface area (Å²) < 4.78 is 13.2. The second-order valence-electron chi connectivity index (χ2n) is 6.39. The molecule has 0 spiro atoms. The van der Waals surface area contributed by atoms with Gasteiger partial charge in [-0.15, -0.1) is 0 Å². The molecule has 0 unspecified atom stereocenters. The average Bonchev–Trinajstić information content (AvgIpc) is 3.01. The first-order valence-electron chi connectivity index (χ1n) is 8.51. The van der Waals surface area contributed by atoms with Crippen LogP contribution in [0.25, 0.3) is 5.69 Å². The number of hydrogen-bond acceptors (Lipinski definition) is 4. The zero-order valence-corrected chi connectivity index (χ0v) is 16.3. The molecule has 2 aromatic carbocycles. The van der Waals surface area contributed by atoms with Crippen LogP contribution in [-0.2, 0) is 6.42 Å². The number of aromatic amines is 1. The Labute approximate surface area is 158 Å². The summed E-state index contributed by atoms with van der Waals surface area (Å²) in [6.07, 6.45) is 0.624. The highest BCUT2D eigenvalue weighted by Gasteiger charge is 2.12.